The molecule has 0 aliphatic rings. The fourth-order valence-corrected chi connectivity index (χ4v) is 1.14. The molecule has 58 valence electrons. The lowest BCUT2D eigenvalue weighted by Crippen LogP contribution is -1.99. The molecule has 0 amide bonds. The third-order valence-corrected chi connectivity index (χ3v) is 1.73. The van der Waals surface area contributed by atoms with Gasteiger partial charge in [-0.05, 0) is 6.07 Å². The number of aromatic nitrogens is 2. The van der Waals surface area contributed by atoms with Crippen LogP contribution in [-0.2, 0) is 0 Å². The molecule has 0 aliphatic heterocycles. The van der Waals surface area contributed by atoms with E-state index in [9.17, 15) is 4.79 Å². The normalized spacial score (nSPS) is 10.3. The van der Waals surface area contributed by atoms with E-state index in [1.807, 2.05) is 0 Å². The number of aldehydes is 1. The van der Waals surface area contributed by atoms with E-state index < -0.39 is 0 Å². The minimum atomic E-state index is 0. The van der Waals surface area contributed by atoms with E-state index in [0.29, 0.717) is 11.2 Å². The van der Waals surface area contributed by atoms with Gasteiger partial charge in [-0.2, -0.15) is 5.10 Å². The summed E-state index contributed by atoms with van der Waals surface area (Å²) in [6.45, 7) is 0. The maximum Gasteiger partial charge on any atom is 0.168 e. The van der Waals surface area contributed by atoms with Crippen LogP contribution in [0, 0.1) is 0 Å². The van der Waals surface area contributed by atoms with Crippen molar-refractivity contribution in [1.29, 1.82) is 0 Å². The van der Waals surface area contributed by atoms with Gasteiger partial charge in [0.2, 0.25) is 0 Å². The first-order valence-corrected chi connectivity index (χ1v) is 3.50. The standard InChI is InChI=1S/C8H5BN2O.H2/c9-5-1-2-6-7(3-5)10-11-8(6)4-12;/h1-4H,(H,10,11);1H. The summed E-state index contributed by atoms with van der Waals surface area (Å²) in [5, 5.41) is 7.34. The van der Waals surface area contributed by atoms with Gasteiger partial charge in [-0.3, -0.25) is 9.89 Å². The summed E-state index contributed by atoms with van der Waals surface area (Å²) in [4.78, 5) is 10.5. The maximum absolute atomic E-state index is 10.5. The third-order valence-electron chi connectivity index (χ3n) is 1.73. The molecule has 0 spiro atoms. The molecule has 0 fully saturated rings. The SMILES string of the molecule is [B]c1ccc2c(C=O)[nH]nc2c1.[HH]. The van der Waals surface area contributed by atoms with Crippen LogP contribution in [-0.4, -0.2) is 24.3 Å². The van der Waals surface area contributed by atoms with E-state index in [0.717, 1.165) is 17.2 Å². The number of aromatic amines is 1. The van der Waals surface area contributed by atoms with Crippen LogP contribution in [0.5, 0.6) is 0 Å². The number of hydrogen-bond donors (Lipinski definition) is 1. The number of hydrogen-bond acceptors (Lipinski definition) is 2. The fraction of sp³-hybridized carbons (Fsp3) is 0. The summed E-state index contributed by atoms with van der Waals surface area (Å²) in [5.41, 5.74) is 1.86. The molecular weight excluding hydrogens is 151 g/mol. The average molecular weight is 158 g/mol. The van der Waals surface area contributed by atoms with E-state index in [-0.39, 0.29) is 1.43 Å². The summed E-state index contributed by atoms with van der Waals surface area (Å²) in [5.74, 6) is 0. The smallest absolute Gasteiger partial charge is 0.168 e. The first kappa shape index (κ1) is 7.09. The van der Waals surface area contributed by atoms with Crippen LogP contribution in [0.2, 0.25) is 0 Å². The number of fused-ring (bicyclic) bond motifs is 1. The first-order valence-electron chi connectivity index (χ1n) is 3.50. The first-order chi connectivity index (χ1) is 5.81. The molecule has 2 rings (SSSR count). The van der Waals surface area contributed by atoms with Gasteiger partial charge in [-0.25, -0.2) is 0 Å². The number of benzene rings is 1. The second-order valence-electron chi connectivity index (χ2n) is 2.53. The highest BCUT2D eigenvalue weighted by Crippen LogP contribution is 2.11. The summed E-state index contributed by atoms with van der Waals surface area (Å²) >= 11 is 0. The Morgan fingerprint density at radius 1 is 1.58 bits per heavy atom. The largest absolute Gasteiger partial charge is 0.296 e. The van der Waals surface area contributed by atoms with Crippen molar-refractivity contribution in [3.63, 3.8) is 0 Å². The summed E-state index contributed by atoms with van der Waals surface area (Å²) in [7, 11) is 5.53. The van der Waals surface area contributed by atoms with Gasteiger partial charge in [0, 0.05) is 6.81 Å². The predicted molar refractivity (Wildman–Crippen MR) is 49.0 cm³/mol. The van der Waals surface area contributed by atoms with Crippen LogP contribution in [0.4, 0.5) is 0 Å². The lowest BCUT2D eigenvalue weighted by molar-refractivity contribution is 0.112. The molecule has 2 aromatic rings. The van der Waals surface area contributed by atoms with Crippen molar-refractivity contribution >= 4 is 30.5 Å². The van der Waals surface area contributed by atoms with Crippen molar-refractivity contribution in [3.8, 4) is 0 Å². The van der Waals surface area contributed by atoms with Gasteiger partial charge in [0.15, 0.2) is 6.29 Å². The van der Waals surface area contributed by atoms with Gasteiger partial charge >= 0.3 is 0 Å². The van der Waals surface area contributed by atoms with E-state index in [1.54, 1.807) is 18.2 Å². The second kappa shape index (κ2) is 2.48. The monoisotopic (exact) mass is 158 g/mol. The van der Waals surface area contributed by atoms with Crippen LogP contribution in [0.1, 0.15) is 11.9 Å². The van der Waals surface area contributed by atoms with Crippen molar-refractivity contribution in [3.05, 3.63) is 23.9 Å². The molecule has 0 saturated heterocycles. The number of H-pyrrole nitrogens is 1. The van der Waals surface area contributed by atoms with Gasteiger partial charge < -0.3 is 0 Å². The Kier molecular flexibility index (Phi) is 1.47. The summed E-state index contributed by atoms with van der Waals surface area (Å²) < 4.78 is 0. The topological polar surface area (TPSA) is 45.8 Å². The minimum Gasteiger partial charge on any atom is -0.296 e. The molecule has 0 saturated carbocycles. The van der Waals surface area contributed by atoms with E-state index in [2.05, 4.69) is 10.2 Å². The number of carbonyl (C=O) groups excluding carboxylic acids is 1. The van der Waals surface area contributed by atoms with Crippen LogP contribution >= 0.6 is 0 Å². The van der Waals surface area contributed by atoms with Crippen molar-refractivity contribution in [2.75, 3.05) is 0 Å². The van der Waals surface area contributed by atoms with Gasteiger partial charge in [-0.15, -0.1) is 0 Å². The molecule has 0 bridgehead atoms. The van der Waals surface area contributed by atoms with Crippen molar-refractivity contribution in [2.45, 2.75) is 0 Å². The molecule has 2 radical (unpaired) electrons. The zero-order valence-electron chi connectivity index (χ0n) is 6.24. The molecular formula is C8H7BN2O. The molecule has 3 nitrogen and oxygen atoms in total. The predicted octanol–water partition coefficient (Wildman–Crippen LogP) is 0.415. The molecule has 1 heterocycles. The molecule has 4 heteroatoms. The van der Waals surface area contributed by atoms with Gasteiger partial charge in [0.1, 0.15) is 13.5 Å². The summed E-state index contributed by atoms with van der Waals surface area (Å²) in [6.07, 6.45) is 0.742. The maximum atomic E-state index is 10.5. The Morgan fingerprint density at radius 2 is 2.42 bits per heavy atom. The van der Waals surface area contributed by atoms with Gasteiger partial charge in [0.25, 0.3) is 0 Å². The van der Waals surface area contributed by atoms with Crippen LogP contribution < -0.4 is 5.46 Å². The molecule has 1 N–H and O–H groups in total. The Bertz CT molecular complexity index is 441. The highest BCUT2D eigenvalue weighted by molar-refractivity contribution is 6.33. The summed E-state index contributed by atoms with van der Waals surface area (Å²) in [6, 6.07) is 5.24. The van der Waals surface area contributed by atoms with Crippen LogP contribution in [0.3, 0.4) is 0 Å². The van der Waals surface area contributed by atoms with Crippen LogP contribution in [0.25, 0.3) is 10.9 Å². The van der Waals surface area contributed by atoms with Crippen LogP contribution in [0.15, 0.2) is 18.2 Å². The molecule has 0 unspecified atom stereocenters. The Hall–Kier alpha value is -1.58. The average Bonchev–Trinajstić information content (AvgIpc) is 2.46. The van der Waals surface area contributed by atoms with Crippen molar-refractivity contribution < 1.29 is 6.22 Å². The van der Waals surface area contributed by atoms with Gasteiger partial charge in [0.05, 0.1) is 5.52 Å². The number of rotatable bonds is 1. The van der Waals surface area contributed by atoms with E-state index in [1.165, 1.54) is 0 Å². The zero-order chi connectivity index (χ0) is 8.55. The molecule has 1 aromatic carbocycles. The number of carbonyl (C=O) groups is 1. The third kappa shape index (κ3) is 0.924. The molecule has 0 atom stereocenters. The fourth-order valence-electron chi connectivity index (χ4n) is 1.14. The minimum absolute atomic E-state index is 0. The number of nitrogens with zero attached hydrogens (tertiary/aromatic N) is 1. The quantitative estimate of drug-likeness (QED) is 0.482. The highest BCUT2D eigenvalue weighted by Gasteiger charge is 2.02. The molecule has 12 heavy (non-hydrogen) atoms. The van der Waals surface area contributed by atoms with E-state index >= 15 is 0 Å². The molecule has 1 aromatic heterocycles. The Balaban J connectivity index is 0.000000845. The lowest BCUT2D eigenvalue weighted by atomic mass is 9.95. The highest BCUT2D eigenvalue weighted by atomic mass is 16.1. The second-order valence-corrected chi connectivity index (χ2v) is 2.53. The van der Waals surface area contributed by atoms with Crippen molar-refractivity contribution in [1.82, 2.24) is 10.2 Å². The number of nitrogens with one attached hydrogen (secondary N) is 1. The zero-order valence-corrected chi connectivity index (χ0v) is 6.24. The lowest BCUT2D eigenvalue weighted by Gasteiger charge is -1.90. The Morgan fingerprint density at radius 3 is 3.17 bits per heavy atom. The molecule has 0 aliphatic carbocycles. The van der Waals surface area contributed by atoms with E-state index in [4.69, 9.17) is 7.85 Å². The Labute approximate surface area is 71.7 Å². The van der Waals surface area contributed by atoms with Gasteiger partial charge in [-0.1, -0.05) is 17.6 Å². The van der Waals surface area contributed by atoms with Crippen molar-refractivity contribution in [2.24, 2.45) is 0 Å².